The molecule has 0 bridgehead atoms. The number of fused-ring (bicyclic) bond motifs is 1. The molecule has 2 N–H and O–H groups in total. The molecule has 1 heterocycles. The Kier molecular flexibility index (Phi) is 5.25. The van der Waals surface area contributed by atoms with Crippen LogP contribution in [0.4, 0.5) is 0 Å². The van der Waals surface area contributed by atoms with Gasteiger partial charge in [0.2, 0.25) is 10.0 Å². The highest BCUT2D eigenvalue weighted by atomic mass is 32.2. The van der Waals surface area contributed by atoms with E-state index >= 15 is 0 Å². The van der Waals surface area contributed by atoms with E-state index in [1.807, 2.05) is 44.2 Å². The summed E-state index contributed by atoms with van der Waals surface area (Å²) in [5.41, 5.74) is 4.11. The lowest BCUT2D eigenvalue weighted by Crippen LogP contribution is -2.28. The van der Waals surface area contributed by atoms with Crippen LogP contribution in [0.2, 0.25) is 0 Å². The molecule has 0 unspecified atom stereocenters. The molecule has 0 aliphatic heterocycles. The molecule has 136 valence electrons. The normalized spacial score (nSPS) is 11.8. The van der Waals surface area contributed by atoms with Crippen molar-refractivity contribution in [2.45, 2.75) is 26.0 Å². The lowest BCUT2D eigenvalue weighted by Gasteiger charge is -2.09. The summed E-state index contributed by atoms with van der Waals surface area (Å²) in [6.07, 6.45) is 0.340. The number of hydrogen-bond acceptors (Lipinski definition) is 3. The zero-order valence-electron chi connectivity index (χ0n) is 14.9. The number of H-pyrrole nitrogens is 1. The van der Waals surface area contributed by atoms with Gasteiger partial charge in [0.25, 0.3) is 5.56 Å². The third kappa shape index (κ3) is 4.39. The maximum absolute atomic E-state index is 12.3. The van der Waals surface area contributed by atoms with E-state index in [2.05, 4.69) is 15.8 Å². The van der Waals surface area contributed by atoms with Crippen molar-refractivity contribution in [2.24, 2.45) is 0 Å². The molecule has 1 aromatic heterocycles. The van der Waals surface area contributed by atoms with E-state index in [4.69, 9.17) is 0 Å². The van der Waals surface area contributed by atoms with Gasteiger partial charge in [-0.05, 0) is 49.1 Å². The summed E-state index contributed by atoms with van der Waals surface area (Å²) in [5.74, 6) is -0.0691. The predicted molar refractivity (Wildman–Crippen MR) is 105 cm³/mol. The topological polar surface area (TPSA) is 79.0 Å². The maximum atomic E-state index is 12.3. The van der Waals surface area contributed by atoms with Crippen molar-refractivity contribution in [3.63, 3.8) is 0 Å². The van der Waals surface area contributed by atoms with Crippen molar-refractivity contribution in [1.29, 1.82) is 0 Å². The van der Waals surface area contributed by atoms with Crippen LogP contribution in [0.15, 0.2) is 53.3 Å². The number of pyridine rings is 1. The van der Waals surface area contributed by atoms with E-state index in [9.17, 15) is 13.2 Å². The van der Waals surface area contributed by atoms with Crippen molar-refractivity contribution < 1.29 is 8.42 Å². The molecule has 6 heteroatoms. The second-order valence-corrected chi connectivity index (χ2v) is 8.36. The SMILES string of the molecule is Cc1cc(C)c2cc(CCNS(=O)(=O)Cc3ccccc3)c(=O)[nH]c2c1. The fraction of sp³-hybridized carbons (Fsp3) is 0.250. The molecule has 0 spiro atoms. The monoisotopic (exact) mass is 370 g/mol. The third-order valence-electron chi connectivity index (χ3n) is 4.31. The summed E-state index contributed by atoms with van der Waals surface area (Å²) in [6.45, 7) is 4.18. The van der Waals surface area contributed by atoms with Crippen LogP contribution < -0.4 is 10.3 Å². The number of nitrogens with one attached hydrogen (secondary N) is 2. The highest BCUT2D eigenvalue weighted by molar-refractivity contribution is 7.88. The molecule has 5 nitrogen and oxygen atoms in total. The summed E-state index contributed by atoms with van der Waals surface area (Å²) in [7, 11) is -3.44. The van der Waals surface area contributed by atoms with Crippen LogP contribution in [0.1, 0.15) is 22.3 Å². The largest absolute Gasteiger partial charge is 0.322 e. The first kappa shape index (κ1) is 18.4. The average Bonchev–Trinajstić information content (AvgIpc) is 2.56. The number of sulfonamides is 1. The Morgan fingerprint density at radius 3 is 2.50 bits per heavy atom. The lowest BCUT2D eigenvalue weighted by atomic mass is 10.0. The zero-order valence-corrected chi connectivity index (χ0v) is 15.7. The van der Waals surface area contributed by atoms with Gasteiger partial charge in [-0.2, -0.15) is 0 Å². The highest BCUT2D eigenvalue weighted by Crippen LogP contribution is 2.18. The molecule has 2 aromatic carbocycles. The van der Waals surface area contributed by atoms with Gasteiger partial charge in [0.1, 0.15) is 0 Å². The fourth-order valence-corrected chi connectivity index (χ4v) is 4.23. The molecular formula is C20H22N2O3S. The molecule has 0 aliphatic rings. The standard InChI is InChI=1S/C20H22N2O3S/c1-14-10-15(2)18-12-17(20(23)22-19(18)11-14)8-9-21-26(24,25)13-16-6-4-3-5-7-16/h3-7,10-12,21H,8-9,13H2,1-2H3,(H,22,23). The number of aryl methyl sites for hydroxylation is 2. The highest BCUT2D eigenvalue weighted by Gasteiger charge is 2.12. The Balaban J connectivity index is 1.72. The van der Waals surface area contributed by atoms with Gasteiger partial charge < -0.3 is 4.98 Å². The summed E-state index contributed by atoms with van der Waals surface area (Å²) in [4.78, 5) is 15.2. The molecule has 0 amide bonds. The molecule has 3 aromatic rings. The number of hydrogen-bond donors (Lipinski definition) is 2. The van der Waals surface area contributed by atoms with E-state index in [1.54, 1.807) is 12.1 Å². The molecular weight excluding hydrogens is 348 g/mol. The van der Waals surface area contributed by atoms with Crippen molar-refractivity contribution >= 4 is 20.9 Å². The minimum Gasteiger partial charge on any atom is -0.322 e. The van der Waals surface area contributed by atoms with Crippen LogP contribution in [-0.2, 0) is 22.2 Å². The Morgan fingerprint density at radius 1 is 1.04 bits per heavy atom. The summed E-state index contributed by atoms with van der Waals surface area (Å²) in [5, 5.41) is 0.984. The molecule has 0 saturated carbocycles. The predicted octanol–water partition coefficient (Wildman–Crippen LogP) is 2.81. The van der Waals surface area contributed by atoms with Crippen LogP contribution in [-0.4, -0.2) is 19.9 Å². The van der Waals surface area contributed by atoms with E-state index in [1.165, 1.54) is 0 Å². The van der Waals surface area contributed by atoms with Gasteiger partial charge in [-0.3, -0.25) is 4.79 Å². The van der Waals surface area contributed by atoms with Crippen LogP contribution in [0.3, 0.4) is 0 Å². The quantitative estimate of drug-likeness (QED) is 0.700. The molecule has 0 fully saturated rings. The van der Waals surface area contributed by atoms with E-state index in [0.29, 0.717) is 12.0 Å². The first-order valence-electron chi connectivity index (χ1n) is 8.48. The van der Waals surface area contributed by atoms with Crippen LogP contribution in [0, 0.1) is 13.8 Å². The first-order chi connectivity index (χ1) is 12.3. The van der Waals surface area contributed by atoms with Crippen molar-refractivity contribution in [2.75, 3.05) is 6.54 Å². The van der Waals surface area contributed by atoms with Gasteiger partial charge in [0, 0.05) is 23.0 Å². The molecule has 26 heavy (non-hydrogen) atoms. The maximum Gasteiger partial charge on any atom is 0.251 e. The van der Waals surface area contributed by atoms with Gasteiger partial charge in [0.15, 0.2) is 0 Å². The van der Waals surface area contributed by atoms with Gasteiger partial charge in [-0.1, -0.05) is 36.4 Å². The number of rotatable bonds is 6. The molecule has 0 saturated heterocycles. The van der Waals surface area contributed by atoms with Crippen molar-refractivity contribution in [3.05, 3.63) is 81.1 Å². The zero-order chi connectivity index (χ0) is 18.7. The average molecular weight is 370 g/mol. The lowest BCUT2D eigenvalue weighted by molar-refractivity contribution is 0.580. The summed E-state index contributed by atoms with van der Waals surface area (Å²) < 4.78 is 26.9. The van der Waals surface area contributed by atoms with Gasteiger partial charge in [-0.25, -0.2) is 13.1 Å². The van der Waals surface area contributed by atoms with Crippen molar-refractivity contribution in [1.82, 2.24) is 9.71 Å². The minimum atomic E-state index is -3.44. The molecule has 3 rings (SSSR count). The van der Waals surface area contributed by atoms with Crippen LogP contribution in [0.25, 0.3) is 10.9 Å². The van der Waals surface area contributed by atoms with Crippen molar-refractivity contribution in [3.8, 4) is 0 Å². The summed E-state index contributed by atoms with van der Waals surface area (Å²) >= 11 is 0. The van der Waals surface area contributed by atoms with Gasteiger partial charge in [0.05, 0.1) is 5.75 Å². The third-order valence-corrected chi connectivity index (χ3v) is 5.66. The second-order valence-electron chi connectivity index (χ2n) is 6.56. The fourth-order valence-electron chi connectivity index (χ4n) is 3.09. The van der Waals surface area contributed by atoms with Crippen LogP contribution in [0.5, 0.6) is 0 Å². The van der Waals surface area contributed by atoms with E-state index in [-0.39, 0.29) is 17.9 Å². The van der Waals surface area contributed by atoms with Crippen LogP contribution >= 0.6 is 0 Å². The molecule has 0 radical (unpaired) electrons. The number of aromatic amines is 1. The van der Waals surface area contributed by atoms with Gasteiger partial charge in [-0.15, -0.1) is 0 Å². The Hall–Kier alpha value is -2.44. The molecule has 0 atom stereocenters. The Labute approximate surface area is 153 Å². The van der Waals surface area contributed by atoms with Gasteiger partial charge >= 0.3 is 0 Å². The number of aromatic nitrogens is 1. The Morgan fingerprint density at radius 2 is 1.77 bits per heavy atom. The second kappa shape index (κ2) is 7.43. The van der Waals surface area contributed by atoms with E-state index < -0.39 is 10.0 Å². The molecule has 0 aliphatic carbocycles. The van der Waals surface area contributed by atoms with E-state index in [0.717, 1.165) is 27.6 Å². The minimum absolute atomic E-state index is 0.0691. The summed E-state index contributed by atoms with van der Waals surface area (Å²) in [6, 6.07) is 14.9. The first-order valence-corrected chi connectivity index (χ1v) is 10.1. The number of benzene rings is 2. The smallest absolute Gasteiger partial charge is 0.251 e. The Bertz CT molecular complexity index is 1090.